The Morgan fingerprint density at radius 3 is 2.36 bits per heavy atom. The van der Waals surface area contributed by atoms with Crippen LogP contribution in [0.3, 0.4) is 0 Å². The van der Waals surface area contributed by atoms with E-state index in [0.29, 0.717) is 0 Å². The molecule has 0 fully saturated rings. The van der Waals surface area contributed by atoms with Crippen LogP contribution in [0.15, 0.2) is 73.2 Å². The third kappa shape index (κ3) is 1.94. The molecule has 0 bridgehead atoms. The van der Waals surface area contributed by atoms with E-state index in [-0.39, 0.29) is 0 Å². The van der Waals surface area contributed by atoms with Gasteiger partial charge in [0.2, 0.25) is 0 Å². The highest BCUT2D eigenvalue weighted by Gasteiger charge is 2.12. The Hall–Kier alpha value is -3.66. The SMILES string of the molecule is Cn1c2ccc(-c3cc4c(cn3)c3ccccc3n4C)cc2c2ccncc21. The number of aromatic nitrogens is 4. The smallest absolute Gasteiger partial charge is 0.0723 e. The van der Waals surface area contributed by atoms with Crippen LogP contribution in [0.1, 0.15) is 0 Å². The fraction of sp³-hybridized carbons (Fsp3) is 0.0833. The topological polar surface area (TPSA) is 35.6 Å². The van der Waals surface area contributed by atoms with Crippen molar-refractivity contribution in [3.63, 3.8) is 0 Å². The minimum Gasteiger partial charge on any atom is -0.343 e. The standard InChI is InChI=1S/C24H18N4/c1-27-21-6-4-3-5-16(21)19-13-26-20(12-23(19)27)15-7-8-22-18(11-15)17-9-10-25-14-24(17)28(22)2/h3-14H,1-2H3. The van der Waals surface area contributed by atoms with Gasteiger partial charge in [-0.2, -0.15) is 0 Å². The van der Waals surface area contributed by atoms with Crippen LogP contribution in [0.5, 0.6) is 0 Å². The van der Waals surface area contributed by atoms with Gasteiger partial charge in [0.05, 0.1) is 22.9 Å². The molecule has 28 heavy (non-hydrogen) atoms. The molecule has 4 heteroatoms. The Kier molecular flexibility index (Phi) is 2.98. The molecule has 4 heterocycles. The molecule has 0 unspecified atom stereocenters. The molecule has 0 amide bonds. The summed E-state index contributed by atoms with van der Waals surface area (Å²) >= 11 is 0. The minimum absolute atomic E-state index is 0.992. The van der Waals surface area contributed by atoms with Crippen LogP contribution in [0.2, 0.25) is 0 Å². The highest BCUT2D eigenvalue weighted by Crippen LogP contribution is 2.33. The largest absolute Gasteiger partial charge is 0.343 e. The third-order valence-corrected chi connectivity index (χ3v) is 5.90. The van der Waals surface area contributed by atoms with Crippen molar-refractivity contribution in [1.82, 2.24) is 19.1 Å². The maximum absolute atomic E-state index is 4.80. The van der Waals surface area contributed by atoms with Gasteiger partial charge < -0.3 is 9.13 Å². The van der Waals surface area contributed by atoms with E-state index < -0.39 is 0 Å². The lowest BCUT2D eigenvalue weighted by Crippen LogP contribution is -1.89. The molecule has 0 aliphatic carbocycles. The van der Waals surface area contributed by atoms with Gasteiger partial charge in [-0.05, 0) is 30.3 Å². The van der Waals surface area contributed by atoms with Crippen molar-refractivity contribution in [2.45, 2.75) is 0 Å². The highest BCUT2D eigenvalue weighted by atomic mass is 15.0. The summed E-state index contributed by atoms with van der Waals surface area (Å²) in [4.78, 5) is 9.08. The Morgan fingerprint density at radius 1 is 0.643 bits per heavy atom. The summed E-state index contributed by atoms with van der Waals surface area (Å²) in [6.07, 6.45) is 5.79. The van der Waals surface area contributed by atoms with Crippen molar-refractivity contribution >= 4 is 43.6 Å². The molecule has 4 nitrogen and oxygen atoms in total. The van der Waals surface area contributed by atoms with E-state index in [1.54, 1.807) is 0 Å². The van der Waals surface area contributed by atoms with Gasteiger partial charge >= 0.3 is 0 Å². The predicted octanol–water partition coefficient (Wildman–Crippen LogP) is 5.43. The number of hydrogen-bond acceptors (Lipinski definition) is 2. The van der Waals surface area contributed by atoms with Gasteiger partial charge in [0.1, 0.15) is 0 Å². The molecule has 0 saturated carbocycles. The Balaban J connectivity index is 1.62. The zero-order valence-corrected chi connectivity index (χ0v) is 15.7. The summed E-state index contributed by atoms with van der Waals surface area (Å²) < 4.78 is 4.44. The van der Waals surface area contributed by atoms with E-state index in [1.165, 1.54) is 38.1 Å². The molecular weight excluding hydrogens is 344 g/mol. The second-order valence-electron chi connectivity index (χ2n) is 7.35. The molecule has 0 spiro atoms. The summed E-state index contributed by atoms with van der Waals surface area (Å²) in [6, 6.07) is 19.3. The normalized spacial score (nSPS) is 11.9. The molecule has 134 valence electrons. The number of pyridine rings is 2. The summed E-state index contributed by atoms with van der Waals surface area (Å²) in [6.45, 7) is 0. The van der Waals surface area contributed by atoms with Crippen LogP contribution in [-0.2, 0) is 14.1 Å². The average Bonchev–Trinajstić information content (AvgIpc) is 3.20. The molecule has 0 aliphatic heterocycles. The van der Waals surface area contributed by atoms with Gasteiger partial charge in [0.25, 0.3) is 0 Å². The van der Waals surface area contributed by atoms with Gasteiger partial charge in [0, 0.05) is 64.6 Å². The molecule has 0 atom stereocenters. The lowest BCUT2D eigenvalue weighted by atomic mass is 10.1. The maximum Gasteiger partial charge on any atom is 0.0723 e. The van der Waals surface area contributed by atoms with Crippen molar-refractivity contribution in [1.29, 1.82) is 0 Å². The second-order valence-corrected chi connectivity index (χ2v) is 7.35. The van der Waals surface area contributed by atoms with E-state index in [0.717, 1.165) is 16.8 Å². The fourth-order valence-electron chi connectivity index (χ4n) is 4.43. The lowest BCUT2D eigenvalue weighted by Gasteiger charge is -2.04. The van der Waals surface area contributed by atoms with Crippen molar-refractivity contribution in [2.75, 3.05) is 0 Å². The molecule has 2 aromatic carbocycles. The summed E-state index contributed by atoms with van der Waals surface area (Å²) in [5, 5.41) is 4.89. The zero-order valence-electron chi connectivity index (χ0n) is 15.7. The third-order valence-electron chi connectivity index (χ3n) is 5.90. The van der Waals surface area contributed by atoms with Crippen LogP contribution < -0.4 is 0 Å². The summed E-state index contributed by atoms with van der Waals surface area (Å²) in [7, 11) is 4.21. The van der Waals surface area contributed by atoms with Gasteiger partial charge in [-0.1, -0.05) is 24.3 Å². The van der Waals surface area contributed by atoms with E-state index in [9.17, 15) is 0 Å². The minimum atomic E-state index is 0.992. The molecule has 0 N–H and O–H groups in total. The Bertz CT molecular complexity index is 1540. The van der Waals surface area contributed by atoms with E-state index >= 15 is 0 Å². The van der Waals surface area contributed by atoms with Crippen molar-refractivity contribution in [3.8, 4) is 11.3 Å². The van der Waals surface area contributed by atoms with E-state index in [4.69, 9.17) is 4.98 Å². The first-order chi connectivity index (χ1) is 13.7. The second kappa shape index (κ2) is 5.42. The van der Waals surface area contributed by atoms with Gasteiger partial charge in [-0.25, -0.2) is 0 Å². The number of hydrogen-bond donors (Lipinski definition) is 0. The van der Waals surface area contributed by atoms with E-state index in [2.05, 4.69) is 82.8 Å². The van der Waals surface area contributed by atoms with Gasteiger partial charge in [-0.15, -0.1) is 0 Å². The Morgan fingerprint density at radius 2 is 1.43 bits per heavy atom. The first kappa shape index (κ1) is 15.4. The number of aryl methyl sites for hydroxylation is 2. The van der Waals surface area contributed by atoms with Gasteiger partial charge in [0.15, 0.2) is 0 Å². The average molecular weight is 362 g/mol. The highest BCUT2D eigenvalue weighted by molar-refractivity contribution is 6.10. The van der Waals surface area contributed by atoms with Crippen LogP contribution in [-0.4, -0.2) is 19.1 Å². The summed E-state index contributed by atoms with van der Waals surface area (Å²) in [5.74, 6) is 0. The van der Waals surface area contributed by atoms with Gasteiger partial charge in [-0.3, -0.25) is 9.97 Å². The molecular formula is C24H18N4. The van der Waals surface area contributed by atoms with Crippen molar-refractivity contribution in [3.05, 3.63) is 73.2 Å². The predicted molar refractivity (Wildman–Crippen MR) is 115 cm³/mol. The quantitative estimate of drug-likeness (QED) is 0.391. The number of nitrogens with zero attached hydrogens (tertiary/aromatic N) is 4. The lowest BCUT2D eigenvalue weighted by molar-refractivity contribution is 1.01. The molecule has 0 aliphatic rings. The van der Waals surface area contributed by atoms with Crippen LogP contribution >= 0.6 is 0 Å². The summed E-state index contributed by atoms with van der Waals surface area (Å²) in [5.41, 5.74) is 6.90. The zero-order chi connectivity index (χ0) is 18.8. The number of benzene rings is 2. The van der Waals surface area contributed by atoms with E-state index in [1.807, 2.05) is 18.6 Å². The first-order valence-electron chi connectivity index (χ1n) is 9.38. The van der Waals surface area contributed by atoms with Crippen LogP contribution in [0, 0.1) is 0 Å². The molecule has 6 aromatic rings. The number of fused-ring (bicyclic) bond motifs is 6. The van der Waals surface area contributed by atoms with Crippen LogP contribution in [0.25, 0.3) is 54.9 Å². The Labute approximate surface area is 161 Å². The maximum atomic E-state index is 4.80. The monoisotopic (exact) mass is 362 g/mol. The molecule has 6 rings (SSSR count). The number of rotatable bonds is 1. The first-order valence-corrected chi connectivity index (χ1v) is 9.38. The molecule has 0 radical (unpaired) electrons. The fourth-order valence-corrected chi connectivity index (χ4v) is 4.43. The molecule has 0 saturated heterocycles. The van der Waals surface area contributed by atoms with Crippen LogP contribution in [0.4, 0.5) is 0 Å². The van der Waals surface area contributed by atoms with Crippen molar-refractivity contribution in [2.24, 2.45) is 14.1 Å². The number of para-hydroxylation sites is 1. The van der Waals surface area contributed by atoms with Crippen molar-refractivity contribution < 1.29 is 0 Å². The molecule has 4 aromatic heterocycles.